The van der Waals surface area contributed by atoms with Gasteiger partial charge in [0.25, 0.3) is 0 Å². The Kier molecular flexibility index (Phi) is 5.70. The second-order valence-corrected chi connectivity index (χ2v) is 9.28. The van der Waals surface area contributed by atoms with Crippen LogP contribution in [0.2, 0.25) is 5.15 Å². The van der Waals surface area contributed by atoms with Gasteiger partial charge in [0.15, 0.2) is 20.0 Å². The van der Waals surface area contributed by atoms with Crippen LogP contribution in [0.5, 0.6) is 0 Å². The molecule has 1 amide bonds. The molecule has 1 atom stereocenters. The van der Waals surface area contributed by atoms with Crippen molar-refractivity contribution in [2.75, 3.05) is 18.8 Å². The molecule has 1 aliphatic rings. The fraction of sp³-hybridized carbons (Fsp3) is 0.667. The molecule has 0 spiro atoms. The number of sulfone groups is 1. The lowest BCUT2D eigenvalue weighted by Gasteiger charge is -2.33. The summed E-state index contributed by atoms with van der Waals surface area (Å²) in [7, 11) is -3.57. The Morgan fingerprint density at radius 3 is 2.67 bits per heavy atom. The Labute approximate surface area is 147 Å². The summed E-state index contributed by atoms with van der Waals surface area (Å²) < 4.78 is 30.2. The summed E-state index contributed by atoms with van der Waals surface area (Å²) in [5, 5.41) is 7.26. The molecule has 7 nitrogen and oxygen atoms in total. The average Bonchev–Trinajstić information content (AvgIpc) is 2.45. The Bertz CT molecular complexity index is 686. The Morgan fingerprint density at radius 2 is 2.08 bits per heavy atom. The summed E-state index contributed by atoms with van der Waals surface area (Å²) in [6, 6.07) is 2.74. The zero-order valence-corrected chi connectivity index (χ0v) is 15.6. The van der Waals surface area contributed by atoms with Crippen LogP contribution in [0.25, 0.3) is 0 Å². The van der Waals surface area contributed by atoms with Crippen molar-refractivity contribution >= 4 is 27.5 Å². The van der Waals surface area contributed by atoms with Gasteiger partial charge < -0.3 is 9.64 Å². The van der Waals surface area contributed by atoms with Crippen molar-refractivity contribution < 1.29 is 17.9 Å². The summed E-state index contributed by atoms with van der Waals surface area (Å²) in [4.78, 5) is 13.7. The molecular formula is C15H22ClN3O4S. The van der Waals surface area contributed by atoms with Gasteiger partial charge in [-0.05, 0) is 51.7 Å². The Balaban J connectivity index is 2.02. The van der Waals surface area contributed by atoms with Gasteiger partial charge in [-0.3, -0.25) is 0 Å². The first-order valence-corrected chi connectivity index (χ1v) is 9.80. The third-order valence-corrected chi connectivity index (χ3v) is 5.52. The van der Waals surface area contributed by atoms with Crippen LogP contribution in [-0.2, 0) is 14.6 Å². The highest BCUT2D eigenvalue weighted by atomic mass is 35.5. The van der Waals surface area contributed by atoms with Crippen LogP contribution >= 0.6 is 11.6 Å². The van der Waals surface area contributed by atoms with Gasteiger partial charge in [-0.15, -0.1) is 10.2 Å². The minimum atomic E-state index is -3.57. The number of rotatable bonds is 3. The zero-order valence-electron chi connectivity index (χ0n) is 14.0. The van der Waals surface area contributed by atoms with E-state index in [2.05, 4.69) is 10.2 Å². The largest absolute Gasteiger partial charge is 0.444 e. The molecule has 2 heterocycles. The number of carbonyl (C=O) groups excluding carboxylic acids is 1. The number of ether oxygens (including phenoxy) is 1. The van der Waals surface area contributed by atoms with Crippen LogP contribution in [-0.4, -0.2) is 54.1 Å². The van der Waals surface area contributed by atoms with Crippen LogP contribution in [0.4, 0.5) is 4.79 Å². The molecule has 1 aromatic rings. The van der Waals surface area contributed by atoms with Crippen molar-refractivity contribution in [2.45, 2.75) is 44.2 Å². The molecule has 1 unspecified atom stereocenters. The lowest BCUT2D eigenvalue weighted by atomic mass is 10.0. The SMILES string of the molecule is CC(C)(C)OC(=O)N1CCCC(CS(=O)(=O)c2ccc(Cl)nn2)C1. The molecule has 0 aromatic carbocycles. The first kappa shape index (κ1) is 18.9. The Hall–Kier alpha value is -1.41. The zero-order chi connectivity index (χ0) is 18.0. The third-order valence-electron chi connectivity index (χ3n) is 3.55. The van der Waals surface area contributed by atoms with Crippen molar-refractivity contribution in [2.24, 2.45) is 5.92 Å². The molecule has 0 radical (unpaired) electrons. The lowest BCUT2D eigenvalue weighted by molar-refractivity contribution is 0.0176. The van der Waals surface area contributed by atoms with E-state index >= 15 is 0 Å². The first-order chi connectivity index (χ1) is 11.1. The van der Waals surface area contributed by atoms with Gasteiger partial charge in [-0.1, -0.05) is 11.6 Å². The van der Waals surface area contributed by atoms with Crippen LogP contribution in [0.1, 0.15) is 33.6 Å². The first-order valence-electron chi connectivity index (χ1n) is 7.77. The van der Waals surface area contributed by atoms with Crippen LogP contribution in [0, 0.1) is 5.92 Å². The fourth-order valence-electron chi connectivity index (χ4n) is 2.56. The van der Waals surface area contributed by atoms with Gasteiger partial charge in [0.1, 0.15) is 5.60 Å². The molecule has 2 rings (SSSR count). The summed E-state index contributed by atoms with van der Waals surface area (Å²) >= 11 is 5.63. The van der Waals surface area contributed by atoms with E-state index < -0.39 is 21.5 Å². The number of carbonyl (C=O) groups is 1. The van der Waals surface area contributed by atoms with E-state index in [0.29, 0.717) is 13.1 Å². The van der Waals surface area contributed by atoms with Gasteiger partial charge in [-0.25, -0.2) is 13.2 Å². The van der Waals surface area contributed by atoms with Crippen LogP contribution in [0.3, 0.4) is 0 Å². The quantitative estimate of drug-likeness (QED) is 0.806. The molecule has 0 bridgehead atoms. The standard InChI is InChI=1S/C15H22ClN3O4S/c1-15(2,3)23-14(20)19-8-4-5-11(9-19)10-24(21,22)13-7-6-12(16)17-18-13/h6-7,11H,4-5,8-10H2,1-3H3. The highest BCUT2D eigenvalue weighted by Gasteiger charge is 2.31. The molecule has 9 heteroatoms. The number of piperidine rings is 1. The number of nitrogens with zero attached hydrogens (tertiary/aromatic N) is 3. The van der Waals surface area contributed by atoms with Crippen molar-refractivity contribution in [1.29, 1.82) is 0 Å². The lowest BCUT2D eigenvalue weighted by Crippen LogP contribution is -2.44. The molecular weight excluding hydrogens is 354 g/mol. The predicted molar refractivity (Wildman–Crippen MR) is 89.6 cm³/mol. The van der Waals surface area contributed by atoms with Gasteiger partial charge in [0.05, 0.1) is 5.75 Å². The monoisotopic (exact) mass is 375 g/mol. The van der Waals surface area contributed by atoms with E-state index in [1.807, 2.05) is 0 Å². The highest BCUT2D eigenvalue weighted by molar-refractivity contribution is 7.91. The van der Waals surface area contributed by atoms with Gasteiger partial charge in [0.2, 0.25) is 0 Å². The van der Waals surface area contributed by atoms with Gasteiger partial charge in [-0.2, -0.15) is 0 Å². The second kappa shape index (κ2) is 7.23. The van der Waals surface area contributed by atoms with Crippen molar-refractivity contribution in [3.8, 4) is 0 Å². The smallest absolute Gasteiger partial charge is 0.410 e. The number of amides is 1. The molecule has 1 fully saturated rings. The molecule has 1 saturated heterocycles. The summed E-state index contributed by atoms with van der Waals surface area (Å²) in [5.74, 6) is -0.239. The molecule has 24 heavy (non-hydrogen) atoms. The van der Waals surface area contributed by atoms with E-state index in [-0.39, 0.29) is 21.8 Å². The highest BCUT2D eigenvalue weighted by Crippen LogP contribution is 2.22. The van der Waals surface area contributed by atoms with E-state index in [0.717, 1.165) is 12.8 Å². The number of hydrogen-bond acceptors (Lipinski definition) is 6. The normalized spacial score (nSPS) is 19.2. The summed E-state index contributed by atoms with van der Waals surface area (Å²) in [6.45, 7) is 6.34. The van der Waals surface area contributed by atoms with E-state index in [9.17, 15) is 13.2 Å². The number of aromatic nitrogens is 2. The molecule has 1 aromatic heterocycles. The third kappa shape index (κ3) is 5.31. The number of hydrogen-bond donors (Lipinski definition) is 0. The maximum absolute atomic E-state index is 12.4. The number of halogens is 1. The topological polar surface area (TPSA) is 89.5 Å². The summed E-state index contributed by atoms with van der Waals surface area (Å²) in [5.41, 5.74) is -0.574. The minimum absolute atomic E-state index is 0.0807. The molecule has 0 saturated carbocycles. The molecule has 134 valence electrons. The van der Waals surface area contributed by atoms with Crippen molar-refractivity contribution in [1.82, 2.24) is 15.1 Å². The summed E-state index contributed by atoms with van der Waals surface area (Å²) in [6.07, 6.45) is 1.07. The fourth-order valence-corrected chi connectivity index (χ4v) is 4.16. The van der Waals surface area contributed by atoms with Crippen molar-refractivity contribution in [3.63, 3.8) is 0 Å². The molecule has 1 aliphatic heterocycles. The predicted octanol–water partition coefficient (Wildman–Crippen LogP) is 2.55. The average molecular weight is 376 g/mol. The number of likely N-dealkylation sites (tertiary alicyclic amines) is 1. The maximum atomic E-state index is 12.4. The minimum Gasteiger partial charge on any atom is -0.444 e. The molecule has 0 aliphatic carbocycles. The van der Waals surface area contributed by atoms with Crippen LogP contribution in [0.15, 0.2) is 17.2 Å². The Morgan fingerprint density at radius 1 is 1.38 bits per heavy atom. The van der Waals surface area contributed by atoms with Gasteiger partial charge in [0, 0.05) is 13.1 Å². The van der Waals surface area contributed by atoms with Crippen LogP contribution < -0.4 is 0 Å². The maximum Gasteiger partial charge on any atom is 0.410 e. The van der Waals surface area contributed by atoms with E-state index in [4.69, 9.17) is 16.3 Å². The van der Waals surface area contributed by atoms with E-state index in [1.165, 1.54) is 12.1 Å². The van der Waals surface area contributed by atoms with Crippen molar-refractivity contribution in [3.05, 3.63) is 17.3 Å². The molecule has 0 N–H and O–H groups in total. The second-order valence-electron chi connectivity index (χ2n) is 6.91. The van der Waals surface area contributed by atoms with E-state index in [1.54, 1.807) is 25.7 Å². The van der Waals surface area contributed by atoms with Gasteiger partial charge >= 0.3 is 6.09 Å².